The molecule has 0 saturated heterocycles. The lowest BCUT2D eigenvalue weighted by molar-refractivity contribution is 0.0235. The van der Waals surface area contributed by atoms with E-state index in [2.05, 4.69) is 15.3 Å². The van der Waals surface area contributed by atoms with Crippen LogP contribution in [0.3, 0.4) is 0 Å². The van der Waals surface area contributed by atoms with Crippen LogP contribution < -0.4 is 10.1 Å². The summed E-state index contributed by atoms with van der Waals surface area (Å²) < 4.78 is 5.06. The molecule has 7 heteroatoms. The Morgan fingerprint density at radius 2 is 2.27 bits per heavy atom. The fraction of sp³-hybridized carbons (Fsp3) is 0.400. The Morgan fingerprint density at radius 3 is 2.82 bits per heavy atom. The second-order valence-electron chi connectivity index (χ2n) is 5.34. The van der Waals surface area contributed by atoms with Gasteiger partial charge in [-0.15, -0.1) is 11.3 Å². The van der Waals surface area contributed by atoms with E-state index in [4.69, 9.17) is 4.74 Å². The number of hydrogen-bond donors (Lipinski definition) is 2. The van der Waals surface area contributed by atoms with Gasteiger partial charge >= 0.3 is 0 Å². The van der Waals surface area contributed by atoms with Crippen LogP contribution >= 0.6 is 11.3 Å². The van der Waals surface area contributed by atoms with Crippen molar-refractivity contribution in [1.82, 2.24) is 15.3 Å². The molecule has 0 bridgehead atoms. The lowest BCUT2D eigenvalue weighted by Gasteiger charge is -2.38. The predicted octanol–water partition coefficient (Wildman–Crippen LogP) is 1.79. The third kappa shape index (κ3) is 3.10. The number of thiazole rings is 1. The van der Waals surface area contributed by atoms with E-state index in [1.54, 1.807) is 31.1 Å². The van der Waals surface area contributed by atoms with Gasteiger partial charge in [0, 0.05) is 12.3 Å². The minimum Gasteiger partial charge on any atom is -0.481 e. The number of hydrogen-bond acceptors (Lipinski definition) is 6. The maximum Gasteiger partial charge on any atom is 0.263 e. The van der Waals surface area contributed by atoms with Crippen molar-refractivity contribution in [2.45, 2.75) is 25.0 Å². The smallest absolute Gasteiger partial charge is 0.263 e. The van der Waals surface area contributed by atoms with Crippen LogP contribution in [0.2, 0.25) is 0 Å². The first-order valence-electron chi connectivity index (χ1n) is 7.04. The number of aromatic nitrogens is 2. The van der Waals surface area contributed by atoms with Crippen molar-refractivity contribution in [3.63, 3.8) is 0 Å². The fourth-order valence-electron chi connectivity index (χ4n) is 2.61. The van der Waals surface area contributed by atoms with Crippen molar-refractivity contribution in [2.75, 3.05) is 7.11 Å². The van der Waals surface area contributed by atoms with Gasteiger partial charge in [-0.2, -0.15) is 0 Å². The van der Waals surface area contributed by atoms with E-state index in [0.717, 1.165) is 5.56 Å². The van der Waals surface area contributed by atoms with Gasteiger partial charge in [-0.3, -0.25) is 9.78 Å². The average molecular weight is 319 g/mol. The van der Waals surface area contributed by atoms with Gasteiger partial charge in [0.2, 0.25) is 5.88 Å². The zero-order valence-corrected chi connectivity index (χ0v) is 12.9. The highest BCUT2D eigenvalue weighted by molar-refractivity contribution is 7.11. The lowest BCUT2D eigenvalue weighted by atomic mass is 9.75. The summed E-state index contributed by atoms with van der Waals surface area (Å²) in [6, 6.07) is 3.50. The Hall–Kier alpha value is -1.99. The zero-order valence-electron chi connectivity index (χ0n) is 12.1. The summed E-state index contributed by atoms with van der Waals surface area (Å²) in [6.45, 7) is 0. The fourth-order valence-corrected chi connectivity index (χ4v) is 3.14. The summed E-state index contributed by atoms with van der Waals surface area (Å²) in [5.41, 5.74) is 2.54. The molecule has 1 aliphatic carbocycles. The van der Waals surface area contributed by atoms with Gasteiger partial charge in [-0.25, -0.2) is 4.98 Å². The first-order valence-corrected chi connectivity index (χ1v) is 7.92. The number of amides is 1. The van der Waals surface area contributed by atoms with Gasteiger partial charge in [-0.05, 0) is 24.3 Å². The van der Waals surface area contributed by atoms with Crippen LogP contribution in [0.15, 0.2) is 30.0 Å². The Bertz CT molecular complexity index is 624. The highest BCUT2D eigenvalue weighted by Gasteiger charge is 2.36. The molecule has 1 aliphatic rings. The molecule has 2 aromatic heterocycles. The zero-order chi connectivity index (χ0) is 15.5. The van der Waals surface area contributed by atoms with Crippen LogP contribution in [-0.4, -0.2) is 34.2 Å². The first kappa shape index (κ1) is 14.9. The average Bonchev–Trinajstić information content (AvgIpc) is 3.04. The molecule has 0 aliphatic heterocycles. The summed E-state index contributed by atoms with van der Waals surface area (Å²) >= 11 is 1.30. The van der Waals surface area contributed by atoms with Gasteiger partial charge in [0.05, 0.1) is 31.0 Å². The number of rotatable bonds is 5. The van der Waals surface area contributed by atoms with E-state index in [1.807, 2.05) is 6.07 Å². The molecular formula is C15H17N3O3S. The standard InChI is InChI=1S/C15H17N3O3S/c1-21-13-3-2-9(6-17-13)14(10-4-11(19)5-10)18-15(20)12-7-16-8-22-12/h2-3,6-8,10-11,14,19H,4-5H2,1H3,(H,18,20)/t10?,11?,14-/m1/s1. The van der Waals surface area contributed by atoms with E-state index >= 15 is 0 Å². The SMILES string of the molecule is COc1ccc([C@@H](NC(=O)c2cncs2)C2CC(O)C2)cn1. The predicted molar refractivity (Wildman–Crippen MR) is 81.8 cm³/mol. The van der Waals surface area contributed by atoms with Crippen molar-refractivity contribution in [3.05, 3.63) is 40.5 Å². The summed E-state index contributed by atoms with van der Waals surface area (Å²) in [7, 11) is 1.56. The van der Waals surface area contributed by atoms with Crippen molar-refractivity contribution in [1.29, 1.82) is 0 Å². The first-order chi connectivity index (χ1) is 10.7. The van der Waals surface area contributed by atoms with E-state index in [-0.39, 0.29) is 24.0 Å². The van der Waals surface area contributed by atoms with Gasteiger partial charge in [0.25, 0.3) is 5.91 Å². The molecule has 1 atom stereocenters. The number of ether oxygens (including phenoxy) is 1. The van der Waals surface area contributed by atoms with E-state index < -0.39 is 0 Å². The van der Waals surface area contributed by atoms with Gasteiger partial charge < -0.3 is 15.2 Å². The van der Waals surface area contributed by atoms with Gasteiger partial charge in [0.1, 0.15) is 4.88 Å². The second kappa shape index (κ2) is 6.41. The molecule has 2 aromatic rings. The van der Waals surface area contributed by atoms with Crippen molar-refractivity contribution in [3.8, 4) is 5.88 Å². The van der Waals surface area contributed by atoms with Crippen LogP contribution in [0, 0.1) is 5.92 Å². The third-order valence-electron chi connectivity index (χ3n) is 3.89. The Labute approximate surface area is 132 Å². The van der Waals surface area contributed by atoms with E-state index in [0.29, 0.717) is 23.6 Å². The molecule has 2 N–H and O–H groups in total. The molecule has 22 heavy (non-hydrogen) atoms. The molecular weight excluding hydrogens is 302 g/mol. The maximum atomic E-state index is 12.3. The quantitative estimate of drug-likeness (QED) is 0.878. The summed E-state index contributed by atoms with van der Waals surface area (Å²) in [6.07, 6.45) is 4.35. The number of aliphatic hydroxyl groups excluding tert-OH is 1. The monoisotopic (exact) mass is 319 g/mol. The number of pyridine rings is 1. The topological polar surface area (TPSA) is 84.3 Å². The molecule has 116 valence electrons. The summed E-state index contributed by atoms with van der Waals surface area (Å²) in [4.78, 5) is 21.0. The van der Waals surface area contributed by atoms with Gasteiger partial charge in [0.15, 0.2) is 0 Å². The molecule has 3 rings (SSSR count). The van der Waals surface area contributed by atoms with Crippen molar-refractivity contribution < 1.29 is 14.6 Å². The number of nitrogens with one attached hydrogen (secondary N) is 1. The molecule has 1 fully saturated rings. The normalized spacial score (nSPS) is 21.7. The Balaban J connectivity index is 1.78. The van der Waals surface area contributed by atoms with E-state index in [9.17, 15) is 9.90 Å². The summed E-state index contributed by atoms with van der Waals surface area (Å²) in [5.74, 6) is 0.594. The maximum absolute atomic E-state index is 12.3. The molecule has 1 saturated carbocycles. The highest BCUT2D eigenvalue weighted by atomic mass is 32.1. The largest absolute Gasteiger partial charge is 0.481 e. The highest BCUT2D eigenvalue weighted by Crippen LogP contribution is 2.38. The van der Waals surface area contributed by atoms with E-state index in [1.165, 1.54) is 11.3 Å². The summed E-state index contributed by atoms with van der Waals surface area (Å²) in [5, 5.41) is 12.6. The molecule has 0 unspecified atom stereocenters. The molecule has 0 aromatic carbocycles. The minimum atomic E-state index is -0.279. The van der Waals surface area contributed by atoms with Crippen molar-refractivity contribution >= 4 is 17.2 Å². The lowest BCUT2D eigenvalue weighted by Crippen LogP contribution is -2.41. The Kier molecular flexibility index (Phi) is 4.35. The molecule has 6 nitrogen and oxygen atoms in total. The van der Waals surface area contributed by atoms with Crippen LogP contribution in [0.1, 0.15) is 34.1 Å². The Morgan fingerprint density at radius 1 is 1.45 bits per heavy atom. The molecule has 2 heterocycles. The number of carbonyl (C=O) groups excluding carboxylic acids is 1. The molecule has 1 amide bonds. The third-order valence-corrected chi connectivity index (χ3v) is 4.66. The number of aliphatic hydroxyl groups is 1. The minimum absolute atomic E-state index is 0.148. The number of nitrogens with zero attached hydrogens (tertiary/aromatic N) is 2. The van der Waals surface area contributed by atoms with Crippen LogP contribution in [0.5, 0.6) is 5.88 Å². The number of carbonyl (C=O) groups is 1. The molecule has 0 radical (unpaired) electrons. The second-order valence-corrected chi connectivity index (χ2v) is 6.22. The molecule has 0 spiro atoms. The van der Waals surface area contributed by atoms with Gasteiger partial charge in [-0.1, -0.05) is 6.07 Å². The van der Waals surface area contributed by atoms with Crippen LogP contribution in [-0.2, 0) is 0 Å². The van der Waals surface area contributed by atoms with Crippen LogP contribution in [0.25, 0.3) is 0 Å². The number of methoxy groups -OCH3 is 1. The van der Waals surface area contributed by atoms with Crippen molar-refractivity contribution in [2.24, 2.45) is 5.92 Å². The van der Waals surface area contributed by atoms with Crippen LogP contribution in [0.4, 0.5) is 0 Å².